The van der Waals surface area contributed by atoms with Crippen LogP contribution in [-0.2, 0) is 0 Å². The van der Waals surface area contributed by atoms with E-state index in [1.54, 1.807) is 0 Å². The molecule has 0 aliphatic carbocycles. The second-order valence-electron chi connectivity index (χ2n) is 6.08. The van der Waals surface area contributed by atoms with Gasteiger partial charge in [0, 0.05) is 16.9 Å². The van der Waals surface area contributed by atoms with E-state index in [1.165, 1.54) is 0 Å². The molecule has 1 unspecified atom stereocenters. The third-order valence-electron chi connectivity index (χ3n) is 3.84. The standard InChI is InChI=1S/C21H27O3P.Li.H/c1-5-12-23-17-10-11-19(18(14-17)24-13-6-2)25-21(22)20-15(3)8-7-9-16(20)4;;/h7-11,14,25H,5-6,12-13H2,1-4H3;;. The van der Waals surface area contributed by atoms with Gasteiger partial charge >= 0.3 is 18.9 Å². The zero-order valence-corrected chi connectivity index (χ0v) is 16.5. The molecular weight excluding hydrogens is 338 g/mol. The van der Waals surface area contributed by atoms with E-state index in [2.05, 4.69) is 13.8 Å². The maximum atomic E-state index is 12.9. The second kappa shape index (κ2) is 11.5. The molecule has 0 heterocycles. The average Bonchev–Trinajstić information content (AvgIpc) is 2.59. The number of hydrogen-bond donors (Lipinski definition) is 0. The third-order valence-corrected chi connectivity index (χ3v) is 5.00. The van der Waals surface area contributed by atoms with Crippen molar-refractivity contribution in [1.29, 1.82) is 0 Å². The van der Waals surface area contributed by atoms with Crippen molar-refractivity contribution >= 4 is 38.3 Å². The van der Waals surface area contributed by atoms with Gasteiger partial charge < -0.3 is 9.47 Å². The first-order valence-corrected chi connectivity index (χ1v) is 9.84. The van der Waals surface area contributed by atoms with Crippen molar-refractivity contribution in [2.45, 2.75) is 40.5 Å². The molecule has 2 rings (SSSR count). The zero-order chi connectivity index (χ0) is 18.2. The summed E-state index contributed by atoms with van der Waals surface area (Å²) < 4.78 is 11.6. The first kappa shape index (κ1) is 22.8. The fourth-order valence-electron chi connectivity index (χ4n) is 2.60. The van der Waals surface area contributed by atoms with Crippen molar-refractivity contribution in [3.05, 3.63) is 53.1 Å². The van der Waals surface area contributed by atoms with E-state index < -0.39 is 0 Å². The summed E-state index contributed by atoms with van der Waals surface area (Å²) in [7, 11) is 0.0378. The SMILES string of the molecule is CCCOc1ccc(PC(=O)c2c(C)cccc2C)c(OCCC)c1.[LiH]. The summed E-state index contributed by atoms with van der Waals surface area (Å²) in [5.74, 6) is 1.55. The van der Waals surface area contributed by atoms with Crippen molar-refractivity contribution in [2.24, 2.45) is 0 Å². The summed E-state index contributed by atoms with van der Waals surface area (Å²) >= 11 is 0. The zero-order valence-electron chi connectivity index (χ0n) is 15.5. The number of aryl methyl sites for hydroxylation is 2. The molecule has 5 heteroatoms. The number of carbonyl (C=O) groups is 1. The molecule has 136 valence electrons. The Morgan fingerprint density at radius 2 is 1.58 bits per heavy atom. The molecule has 0 saturated carbocycles. The van der Waals surface area contributed by atoms with Crippen molar-refractivity contribution < 1.29 is 14.3 Å². The molecule has 2 aromatic carbocycles. The Morgan fingerprint density at radius 1 is 0.962 bits per heavy atom. The average molecular weight is 366 g/mol. The minimum absolute atomic E-state index is 0. The Kier molecular flexibility index (Phi) is 10.0. The number of carbonyl (C=O) groups excluding carboxylic acids is 1. The van der Waals surface area contributed by atoms with Crippen LogP contribution in [-0.4, -0.2) is 37.6 Å². The molecule has 2 aromatic rings. The number of rotatable bonds is 9. The van der Waals surface area contributed by atoms with Crippen LogP contribution in [0.4, 0.5) is 0 Å². The van der Waals surface area contributed by atoms with E-state index in [0.717, 1.165) is 46.3 Å². The van der Waals surface area contributed by atoms with Crippen LogP contribution in [0.3, 0.4) is 0 Å². The molecule has 1 atom stereocenters. The number of hydrogen-bond acceptors (Lipinski definition) is 3. The van der Waals surface area contributed by atoms with Gasteiger partial charge in [0.25, 0.3) is 0 Å². The second-order valence-corrected chi connectivity index (χ2v) is 7.32. The molecule has 26 heavy (non-hydrogen) atoms. The quantitative estimate of drug-likeness (QED) is 0.488. The van der Waals surface area contributed by atoms with E-state index in [0.29, 0.717) is 13.2 Å². The Hall–Kier alpha value is -1.26. The van der Waals surface area contributed by atoms with Gasteiger partial charge in [0.2, 0.25) is 0 Å². The maximum absolute atomic E-state index is 12.9. The van der Waals surface area contributed by atoms with Crippen molar-refractivity contribution in [1.82, 2.24) is 0 Å². The summed E-state index contributed by atoms with van der Waals surface area (Å²) in [6, 6.07) is 11.8. The van der Waals surface area contributed by atoms with Crippen molar-refractivity contribution in [2.75, 3.05) is 13.2 Å². The summed E-state index contributed by atoms with van der Waals surface area (Å²) in [5.41, 5.74) is 3.03. The van der Waals surface area contributed by atoms with Crippen LogP contribution in [0.15, 0.2) is 36.4 Å². The van der Waals surface area contributed by atoms with Gasteiger partial charge in [-0.05, 0) is 58.5 Å². The Balaban J connectivity index is 0.00000338. The Bertz CT molecular complexity index is 711. The molecule has 0 N–H and O–H groups in total. The Morgan fingerprint density at radius 3 is 2.19 bits per heavy atom. The predicted octanol–water partition coefficient (Wildman–Crippen LogP) is 4.38. The monoisotopic (exact) mass is 366 g/mol. The fourth-order valence-corrected chi connectivity index (χ4v) is 3.80. The molecule has 0 aromatic heterocycles. The molecule has 0 bridgehead atoms. The van der Waals surface area contributed by atoms with Crippen LogP contribution in [0.5, 0.6) is 11.5 Å². The van der Waals surface area contributed by atoms with E-state index in [4.69, 9.17) is 9.47 Å². The summed E-state index contributed by atoms with van der Waals surface area (Å²) in [4.78, 5) is 12.9. The van der Waals surface area contributed by atoms with Crippen LogP contribution in [0, 0.1) is 13.8 Å². The molecule has 3 nitrogen and oxygen atoms in total. The first-order chi connectivity index (χ1) is 12.1. The molecule has 0 aliphatic heterocycles. The fraction of sp³-hybridized carbons (Fsp3) is 0.381. The predicted molar refractivity (Wildman–Crippen MR) is 113 cm³/mol. The molecule has 0 amide bonds. The summed E-state index contributed by atoms with van der Waals surface area (Å²) in [6.07, 6.45) is 1.88. The minimum atomic E-state index is 0. The third kappa shape index (κ3) is 6.17. The molecule has 0 aliphatic rings. The topological polar surface area (TPSA) is 35.5 Å². The van der Waals surface area contributed by atoms with Gasteiger partial charge in [-0.2, -0.15) is 0 Å². The molecule has 0 spiro atoms. The molecular formula is C21H28LiO3P. The Labute approximate surface area is 170 Å². The number of ether oxygens (including phenoxy) is 2. The van der Waals surface area contributed by atoms with Crippen LogP contribution in [0.2, 0.25) is 0 Å². The van der Waals surface area contributed by atoms with Crippen LogP contribution < -0.4 is 14.8 Å². The van der Waals surface area contributed by atoms with E-state index in [1.807, 2.05) is 50.2 Å². The molecule has 0 radical (unpaired) electrons. The van der Waals surface area contributed by atoms with Gasteiger partial charge in [-0.25, -0.2) is 0 Å². The van der Waals surface area contributed by atoms with Gasteiger partial charge in [0.15, 0.2) is 5.52 Å². The van der Waals surface area contributed by atoms with Crippen LogP contribution >= 0.6 is 8.58 Å². The summed E-state index contributed by atoms with van der Waals surface area (Å²) in [5, 5.41) is 0.935. The van der Waals surface area contributed by atoms with Crippen LogP contribution in [0.25, 0.3) is 0 Å². The molecule has 0 saturated heterocycles. The number of benzene rings is 2. The van der Waals surface area contributed by atoms with Crippen LogP contribution in [0.1, 0.15) is 48.2 Å². The van der Waals surface area contributed by atoms with Gasteiger partial charge in [0.05, 0.1) is 13.2 Å². The van der Waals surface area contributed by atoms with Crippen molar-refractivity contribution in [3.63, 3.8) is 0 Å². The summed E-state index contributed by atoms with van der Waals surface area (Å²) in [6.45, 7) is 9.43. The normalized spacial score (nSPS) is 10.6. The van der Waals surface area contributed by atoms with Gasteiger partial charge in [-0.15, -0.1) is 0 Å². The van der Waals surface area contributed by atoms with E-state index >= 15 is 0 Å². The van der Waals surface area contributed by atoms with Gasteiger partial charge in [0.1, 0.15) is 11.5 Å². The van der Waals surface area contributed by atoms with E-state index in [-0.39, 0.29) is 33.0 Å². The van der Waals surface area contributed by atoms with Crippen molar-refractivity contribution in [3.8, 4) is 11.5 Å². The van der Waals surface area contributed by atoms with Gasteiger partial charge in [-0.1, -0.05) is 32.0 Å². The van der Waals surface area contributed by atoms with Gasteiger partial charge in [-0.3, -0.25) is 4.79 Å². The van der Waals surface area contributed by atoms with E-state index in [9.17, 15) is 4.79 Å². The molecule has 0 fully saturated rings. The first-order valence-electron chi connectivity index (χ1n) is 8.84.